The number of pyridine rings is 1. The Balaban J connectivity index is 2.23. The van der Waals surface area contributed by atoms with Gasteiger partial charge in [-0.2, -0.15) is 0 Å². The maximum Gasteiger partial charge on any atom is 0.289 e. The molecule has 0 aliphatic rings. The van der Waals surface area contributed by atoms with E-state index >= 15 is 0 Å². The quantitative estimate of drug-likeness (QED) is 0.633. The molecule has 23 heavy (non-hydrogen) atoms. The average Bonchev–Trinajstić information content (AvgIpc) is 2.53. The molecular formula is C14H16N4O4S. The van der Waals surface area contributed by atoms with E-state index in [-0.39, 0.29) is 11.4 Å². The Morgan fingerprint density at radius 3 is 2.61 bits per heavy atom. The van der Waals surface area contributed by atoms with E-state index in [0.29, 0.717) is 11.4 Å². The Morgan fingerprint density at radius 2 is 1.96 bits per heavy atom. The minimum atomic E-state index is -3.99. The molecule has 1 aromatic heterocycles. The van der Waals surface area contributed by atoms with E-state index in [1.54, 1.807) is 23.2 Å². The number of hydrogen-bond donors (Lipinski definition) is 1. The van der Waals surface area contributed by atoms with Gasteiger partial charge in [-0.3, -0.25) is 10.1 Å². The topological polar surface area (TPSA) is 105 Å². The molecule has 0 aliphatic heterocycles. The zero-order valence-electron chi connectivity index (χ0n) is 12.6. The number of nitrogens with one attached hydrogen (secondary N) is 1. The standard InChI is InChI=1S/C14H16N4O4S/c1-17(2)14-9-11(7-8-15-14)10-16-23(21,22)13-6-4-3-5-12(13)18(19)20/h3-9,16H,10H2,1-2H3. The van der Waals surface area contributed by atoms with Gasteiger partial charge in [0.15, 0.2) is 4.90 Å². The van der Waals surface area contributed by atoms with E-state index in [0.717, 1.165) is 6.07 Å². The van der Waals surface area contributed by atoms with Gasteiger partial charge in [0.05, 0.1) is 4.92 Å². The van der Waals surface area contributed by atoms with Crippen LogP contribution in [0.1, 0.15) is 5.56 Å². The minimum Gasteiger partial charge on any atom is -0.363 e. The number of rotatable bonds is 6. The van der Waals surface area contributed by atoms with Gasteiger partial charge in [0.25, 0.3) is 5.69 Å². The van der Waals surface area contributed by atoms with Gasteiger partial charge in [0.2, 0.25) is 10.0 Å². The number of hydrogen-bond acceptors (Lipinski definition) is 6. The van der Waals surface area contributed by atoms with E-state index in [1.807, 2.05) is 14.1 Å². The van der Waals surface area contributed by atoms with Crippen molar-refractivity contribution >= 4 is 21.5 Å². The van der Waals surface area contributed by atoms with Gasteiger partial charge in [-0.15, -0.1) is 0 Å². The summed E-state index contributed by atoms with van der Waals surface area (Å²) in [5.74, 6) is 0.687. The van der Waals surface area contributed by atoms with Crippen LogP contribution >= 0.6 is 0 Å². The molecule has 1 N–H and O–H groups in total. The van der Waals surface area contributed by atoms with Crippen LogP contribution in [-0.2, 0) is 16.6 Å². The number of nitro benzene ring substituents is 1. The number of anilines is 1. The Labute approximate surface area is 134 Å². The SMILES string of the molecule is CN(C)c1cc(CNS(=O)(=O)c2ccccc2[N+](=O)[O-])ccn1. The molecule has 1 heterocycles. The van der Waals surface area contributed by atoms with Crippen LogP contribution in [0.4, 0.5) is 11.5 Å². The van der Waals surface area contributed by atoms with Gasteiger partial charge in [0.1, 0.15) is 5.82 Å². The lowest BCUT2D eigenvalue weighted by atomic mass is 10.2. The highest BCUT2D eigenvalue weighted by molar-refractivity contribution is 7.89. The van der Waals surface area contributed by atoms with Gasteiger partial charge in [-0.1, -0.05) is 12.1 Å². The molecule has 0 spiro atoms. The van der Waals surface area contributed by atoms with Crippen molar-refractivity contribution in [3.8, 4) is 0 Å². The Morgan fingerprint density at radius 1 is 1.26 bits per heavy atom. The van der Waals surface area contributed by atoms with Crippen molar-refractivity contribution in [3.63, 3.8) is 0 Å². The van der Waals surface area contributed by atoms with Crippen LogP contribution in [0.3, 0.4) is 0 Å². The molecule has 0 bridgehead atoms. The first kappa shape index (κ1) is 16.8. The predicted octanol–water partition coefficient (Wildman–Crippen LogP) is 1.53. The largest absolute Gasteiger partial charge is 0.363 e. The summed E-state index contributed by atoms with van der Waals surface area (Å²) < 4.78 is 27.0. The molecule has 0 fully saturated rings. The third kappa shape index (κ3) is 4.02. The summed E-state index contributed by atoms with van der Waals surface area (Å²) in [6, 6.07) is 8.64. The fraction of sp³-hybridized carbons (Fsp3) is 0.214. The van der Waals surface area contributed by atoms with Gasteiger partial charge in [0, 0.05) is 32.9 Å². The fourth-order valence-corrected chi connectivity index (χ4v) is 3.09. The van der Waals surface area contributed by atoms with Crippen molar-refractivity contribution in [1.82, 2.24) is 9.71 Å². The second kappa shape index (κ2) is 6.71. The van der Waals surface area contributed by atoms with Crippen LogP contribution in [0.25, 0.3) is 0 Å². The highest BCUT2D eigenvalue weighted by atomic mass is 32.2. The van der Waals surface area contributed by atoms with Crippen molar-refractivity contribution in [2.45, 2.75) is 11.4 Å². The Kier molecular flexibility index (Phi) is 4.92. The molecule has 0 amide bonds. The maximum absolute atomic E-state index is 12.3. The zero-order chi connectivity index (χ0) is 17.0. The lowest BCUT2D eigenvalue weighted by Gasteiger charge is -2.12. The summed E-state index contributed by atoms with van der Waals surface area (Å²) in [7, 11) is -0.347. The number of nitro groups is 1. The summed E-state index contributed by atoms with van der Waals surface area (Å²) in [6.07, 6.45) is 1.57. The molecule has 0 radical (unpaired) electrons. The minimum absolute atomic E-state index is 0.0116. The number of sulfonamides is 1. The van der Waals surface area contributed by atoms with Crippen LogP contribution in [0.5, 0.6) is 0 Å². The summed E-state index contributed by atoms with van der Waals surface area (Å²) in [5, 5.41) is 11.0. The molecule has 0 unspecified atom stereocenters. The van der Waals surface area contributed by atoms with Crippen LogP contribution in [-0.4, -0.2) is 32.4 Å². The van der Waals surface area contributed by atoms with Gasteiger partial charge in [-0.25, -0.2) is 18.1 Å². The molecular weight excluding hydrogens is 320 g/mol. The normalized spacial score (nSPS) is 11.2. The highest BCUT2D eigenvalue weighted by Crippen LogP contribution is 2.23. The second-order valence-electron chi connectivity index (χ2n) is 4.97. The predicted molar refractivity (Wildman–Crippen MR) is 85.7 cm³/mol. The summed E-state index contributed by atoms with van der Waals surface area (Å²) in [6.45, 7) is 0.0116. The lowest BCUT2D eigenvalue weighted by molar-refractivity contribution is -0.387. The van der Waals surface area contributed by atoms with E-state index in [2.05, 4.69) is 9.71 Å². The number of benzene rings is 1. The second-order valence-corrected chi connectivity index (χ2v) is 6.70. The maximum atomic E-state index is 12.3. The molecule has 0 aliphatic carbocycles. The van der Waals surface area contributed by atoms with Crippen LogP contribution in [0.2, 0.25) is 0 Å². The van der Waals surface area contributed by atoms with Crippen LogP contribution in [0.15, 0.2) is 47.5 Å². The average molecular weight is 336 g/mol. The number of para-hydroxylation sites is 1. The lowest BCUT2D eigenvalue weighted by Crippen LogP contribution is -2.24. The van der Waals surface area contributed by atoms with Gasteiger partial charge in [-0.05, 0) is 23.8 Å². The highest BCUT2D eigenvalue weighted by Gasteiger charge is 2.24. The third-order valence-corrected chi connectivity index (χ3v) is 4.53. The molecule has 9 heteroatoms. The molecule has 1 aromatic carbocycles. The molecule has 0 saturated carbocycles. The van der Waals surface area contributed by atoms with Crippen molar-refractivity contribution in [2.24, 2.45) is 0 Å². The third-order valence-electron chi connectivity index (χ3n) is 3.09. The van der Waals surface area contributed by atoms with E-state index < -0.39 is 20.6 Å². The smallest absolute Gasteiger partial charge is 0.289 e. The Hall–Kier alpha value is -2.52. The molecule has 122 valence electrons. The zero-order valence-corrected chi connectivity index (χ0v) is 13.4. The first-order valence-corrected chi connectivity index (χ1v) is 8.15. The molecule has 0 saturated heterocycles. The molecule has 2 rings (SSSR count). The first-order chi connectivity index (χ1) is 10.8. The molecule has 8 nitrogen and oxygen atoms in total. The van der Waals surface area contributed by atoms with Gasteiger partial charge >= 0.3 is 0 Å². The summed E-state index contributed by atoms with van der Waals surface area (Å²) in [5.41, 5.74) is 0.245. The summed E-state index contributed by atoms with van der Waals surface area (Å²) >= 11 is 0. The fourth-order valence-electron chi connectivity index (χ4n) is 1.91. The van der Waals surface area contributed by atoms with Crippen LogP contribution < -0.4 is 9.62 Å². The van der Waals surface area contributed by atoms with Crippen molar-refractivity contribution in [3.05, 3.63) is 58.3 Å². The van der Waals surface area contributed by atoms with E-state index in [4.69, 9.17) is 0 Å². The van der Waals surface area contributed by atoms with Crippen molar-refractivity contribution in [2.75, 3.05) is 19.0 Å². The number of aromatic nitrogens is 1. The molecule has 0 atom stereocenters. The van der Waals surface area contributed by atoms with Crippen LogP contribution in [0, 0.1) is 10.1 Å². The summed E-state index contributed by atoms with van der Waals surface area (Å²) in [4.78, 5) is 15.8. The molecule has 2 aromatic rings. The number of nitrogens with zero attached hydrogens (tertiary/aromatic N) is 3. The first-order valence-electron chi connectivity index (χ1n) is 6.66. The van der Waals surface area contributed by atoms with Crippen molar-refractivity contribution < 1.29 is 13.3 Å². The monoisotopic (exact) mass is 336 g/mol. The van der Waals surface area contributed by atoms with Gasteiger partial charge < -0.3 is 4.90 Å². The van der Waals surface area contributed by atoms with E-state index in [9.17, 15) is 18.5 Å². The Bertz CT molecular complexity index is 821. The van der Waals surface area contributed by atoms with E-state index in [1.165, 1.54) is 18.2 Å². The van der Waals surface area contributed by atoms with Crippen molar-refractivity contribution in [1.29, 1.82) is 0 Å².